The Bertz CT molecular complexity index is 2720. The topological polar surface area (TPSA) is 191 Å². The maximum Gasteiger partial charge on any atom is 0.527 e. The van der Waals surface area contributed by atoms with Gasteiger partial charge < -0.3 is 39.6 Å². The quantitative estimate of drug-likeness (QED) is 0.0634. The van der Waals surface area contributed by atoms with E-state index in [1.165, 1.54) is 28.8 Å². The molecule has 0 spiro atoms. The van der Waals surface area contributed by atoms with Gasteiger partial charge in [0.2, 0.25) is 11.8 Å². The molecule has 1 aliphatic heterocycles. The van der Waals surface area contributed by atoms with E-state index in [-0.39, 0.29) is 18.8 Å². The SMILES string of the molecule is COc1ccc(C2Sc3ccccc3N(CC(=O)Nc3ccc(Oc4ccccc4)cc3)C(=O)C2NC(=O)[C@H](Cc2ccc(OP(=O)(O)OCc3ccccc3)cc2)NC(=O)OC(C)(C)C)cc1. The Hall–Kier alpha value is -7.10. The predicted octanol–water partition coefficient (Wildman–Crippen LogP) is 9.62. The average molecular weight is 959 g/mol. The number of ether oxygens (including phenoxy) is 3. The van der Waals surface area contributed by atoms with Crippen LogP contribution in [0.15, 0.2) is 163 Å². The standard InChI is InChI=1S/C51H51N4O11PS/c1-51(2,3)65-50(59)53-42(31-34-19-25-41(26-20-34)66-67(60,61)63-33-35-13-7-5-8-14-35)48(57)54-46-47(36-21-27-38(62-4)28-22-36)68-44-18-12-11-17-43(44)55(49(46)58)32-45(56)52-37-23-29-40(30-24-37)64-39-15-9-6-10-16-39/h5-30,42,46-47H,31-33H2,1-4H3,(H,52,56)(H,53,59)(H,54,57)(H,60,61)/t42-,46?,47?/m0/s1. The van der Waals surface area contributed by atoms with E-state index in [4.69, 9.17) is 23.3 Å². The van der Waals surface area contributed by atoms with Crippen molar-refractivity contribution in [2.45, 2.75) is 61.6 Å². The van der Waals surface area contributed by atoms with E-state index in [0.717, 1.165) is 0 Å². The molecule has 1 heterocycles. The first-order valence-electron chi connectivity index (χ1n) is 21.5. The highest BCUT2D eigenvalue weighted by molar-refractivity contribution is 7.99. The summed E-state index contributed by atoms with van der Waals surface area (Å²) in [6, 6.07) is 42.6. The third-order valence-electron chi connectivity index (χ3n) is 10.2. The van der Waals surface area contributed by atoms with Gasteiger partial charge in [0.15, 0.2) is 0 Å². The molecule has 352 valence electrons. The van der Waals surface area contributed by atoms with Gasteiger partial charge in [-0.3, -0.25) is 23.8 Å². The van der Waals surface area contributed by atoms with Gasteiger partial charge in [0.05, 0.1) is 24.7 Å². The molecule has 0 aliphatic carbocycles. The molecule has 15 nitrogen and oxygen atoms in total. The number of nitrogens with zero attached hydrogens (tertiary/aromatic N) is 1. The molecular weight excluding hydrogens is 908 g/mol. The van der Waals surface area contributed by atoms with Gasteiger partial charge >= 0.3 is 13.9 Å². The Kier molecular flexibility index (Phi) is 15.9. The number of rotatable bonds is 17. The van der Waals surface area contributed by atoms with Crippen molar-refractivity contribution < 1.29 is 51.9 Å². The first kappa shape index (κ1) is 48.8. The lowest BCUT2D eigenvalue weighted by atomic mass is 10.0. The summed E-state index contributed by atoms with van der Waals surface area (Å²) in [7, 11) is -2.98. The number of carbonyl (C=O) groups is 4. The van der Waals surface area contributed by atoms with E-state index in [1.54, 1.807) is 125 Å². The molecule has 3 unspecified atom stereocenters. The normalized spacial score (nSPS) is 15.9. The number of amides is 4. The van der Waals surface area contributed by atoms with Crippen molar-refractivity contribution >= 4 is 54.8 Å². The lowest BCUT2D eigenvalue weighted by molar-refractivity contribution is -0.129. The minimum atomic E-state index is -4.52. The predicted molar refractivity (Wildman–Crippen MR) is 259 cm³/mol. The van der Waals surface area contributed by atoms with Gasteiger partial charge in [-0.25, -0.2) is 9.36 Å². The van der Waals surface area contributed by atoms with Crippen LogP contribution in [0.25, 0.3) is 0 Å². The molecule has 0 aromatic heterocycles. The van der Waals surface area contributed by atoms with Crippen LogP contribution in [-0.2, 0) is 41.2 Å². The Morgan fingerprint density at radius 1 is 0.750 bits per heavy atom. The van der Waals surface area contributed by atoms with Crippen molar-refractivity contribution in [2.75, 3.05) is 23.9 Å². The van der Waals surface area contributed by atoms with E-state index >= 15 is 4.79 Å². The second kappa shape index (κ2) is 22.1. The average Bonchev–Trinajstić information content (AvgIpc) is 3.42. The maximum atomic E-state index is 15.1. The van der Waals surface area contributed by atoms with Crippen LogP contribution in [0.2, 0.25) is 0 Å². The largest absolute Gasteiger partial charge is 0.527 e. The fraction of sp³-hybridized carbons (Fsp3) is 0.216. The van der Waals surface area contributed by atoms with Crippen LogP contribution < -0.4 is 34.8 Å². The van der Waals surface area contributed by atoms with Crippen LogP contribution in [-0.4, -0.2) is 60.0 Å². The number of alkyl carbamates (subject to hydrolysis) is 1. The van der Waals surface area contributed by atoms with Crippen molar-refractivity contribution in [2.24, 2.45) is 0 Å². The number of hydrogen-bond acceptors (Lipinski definition) is 11. The molecule has 68 heavy (non-hydrogen) atoms. The summed E-state index contributed by atoms with van der Waals surface area (Å²) in [5, 5.41) is 7.76. The first-order chi connectivity index (χ1) is 32.6. The summed E-state index contributed by atoms with van der Waals surface area (Å²) in [5.41, 5.74) is 1.89. The monoisotopic (exact) mass is 958 g/mol. The molecule has 0 saturated heterocycles. The number of benzene rings is 6. The lowest BCUT2D eigenvalue weighted by Gasteiger charge is -2.30. The summed E-state index contributed by atoms with van der Waals surface area (Å²) in [5.74, 6) is 0.0155. The molecular formula is C51H51N4O11PS. The van der Waals surface area contributed by atoms with E-state index in [1.807, 2.05) is 48.5 Å². The van der Waals surface area contributed by atoms with E-state index in [0.29, 0.717) is 50.2 Å². The molecule has 6 aromatic rings. The summed E-state index contributed by atoms with van der Waals surface area (Å²) in [6.45, 7) is 4.48. The van der Waals surface area contributed by atoms with Gasteiger partial charge in [-0.1, -0.05) is 84.9 Å². The molecule has 4 N–H and O–H groups in total. The number of methoxy groups -OCH3 is 1. The fourth-order valence-electron chi connectivity index (χ4n) is 7.06. The number of thioether (sulfide) groups is 1. The second-order valence-corrected chi connectivity index (χ2v) is 19.1. The van der Waals surface area contributed by atoms with Gasteiger partial charge in [0, 0.05) is 17.0 Å². The maximum absolute atomic E-state index is 15.1. The van der Waals surface area contributed by atoms with Gasteiger partial charge in [-0.05, 0) is 110 Å². The Balaban J connectivity index is 1.14. The summed E-state index contributed by atoms with van der Waals surface area (Å²) in [4.78, 5) is 69.4. The van der Waals surface area contributed by atoms with E-state index in [9.17, 15) is 23.8 Å². The van der Waals surface area contributed by atoms with Crippen molar-refractivity contribution in [3.05, 3.63) is 174 Å². The Morgan fingerprint density at radius 3 is 2.01 bits per heavy atom. The van der Waals surface area contributed by atoms with Gasteiger partial charge in [-0.2, -0.15) is 0 Å². The number of phosphoric ester groups is 1. The van der Waals surface area contributed by atoms with Crippen LogP contribution >= 0.6 is 19.6 Å². The van der Waals surface area contributed by atoms with Crippen LogP contribution in [0.1, 0.15) is 42.7 Å². The van der Waals surface area contributed by atoms with Crippen molar-refractivity contribution in [3.8, 4) is 23.0 Å². The summed E-state index contributed by atoms with van der Waals surface area (Å²) >= 11 is 1.34. The molecule has 0 saturated carbocycles. The Labute approximate surface area is 398 Å². The highest BCUT2D eigenvalue weighted by Gasteiger charge is 2.41. The summed E-state index contributed by atoms with van der Waals surface area (Å²) in [6.07, 6.45) is -0.983. The van der Waals surface area contributed by atoms with E-state index < -0.39 is 61.1 Å². The minimum absolute atomic E-state index is 0.0231. The van der Waals surface area contributed by atoms with Crippen molar-refractivity contribution in [1.82, 2.24) is 10.6 Å². The van der Waals surface area contributed by atoms with Crippen LogP contribution in [0, 0.1) is 0 Å². The molecule has 0 bridgehead atoms. The van der Waals surface area contributed by atoms with Crippen LogP contribution in [0.3, 0.4) is 0 Å². The number of para-hydroxylation sites is 2. The van der Waals surface area contributed by atoms with Crippen molar-refractivity contribution in [1.29, 1.82) is 0 Å². The van der Waals surface area contributed by atoms with Gasteiger partial charge in [0.1, 0.15) is 47.2 Å². The molecule has 0 radical (unpaired) electrons. The second-order valence-electron chi connectivity index (χ2n) is 16.5. The molecule has 17 heteroatoms. The number of nitrogens with one attached hydrogen (secondary N) is 3. The fourth-order valence-corrected chi connectivity index (χ4v) is 9.15. The zero-order chi connectivity index (χ0) is 48.3. The zero-order valence-electron chi connectivity index (χ0n) is 37.7. The van der Waals surface area contributed by atoms with Crippen molar-refractivity contribution in [3.63, 3.8) is 0 Å². The molecule has 7 rings (SSSR count). The van der Waals surface area contributed by atoms with Gasteiger partial charge in [-0.15, -0.1) is 11.8 Å². The zero-order valence-corrected chi connectivity index (χ0v) is 39.4. The molecule has 4 atom stereocenters. The molecule has 4 amide bonds. The number of anilines is 2. The van der Waals surface area contributed by atoms with Crippen LogP contribution in [0.4, 0.5) is 16.2 Å². The molecule has 1 aliphatic rings. The summed E-state index contributed by atoms with van der Waals surface area (Å²) < 4.78 is 40.1. The van der Waals surface area contributed by atoms with Crippen LogP contribution in [0.5, 0.6) is 23.0 Å². The van der Waals surface area contributed by atoms with Gasteiger partial charge in [0.25, 0.3) is 5.91 Å². The highest BCUT2D eigenvalue weighted by atomic mass is 32.2. The number of phosphoric acid groups is 1. The van der Waals surface area contributed by atoms with E-state index in [2.05, 4.69) is 16.0 Å². The third kappa shape index (κ3) is 13.7. The minimum Gasteiger partial charge on any atom is -0.497 e. The lowest BCUT2D eigenvalue weighted by Crippen LogP contribution is -2.57. The number of carbonyl (C=O) groups excluding carboxylic acids is 4. The number of hydrogen-bond donors (Lipinski definition) is 4. The highest BCUT2D eigenvalue weighted by Crippen LogP contribution is 2.47. The smallest absolute Gasteiger partial charge is 0.497 e. The molecule has 0 fully saturated rings. The number of fused-ring (bicyclic) bond motifs is 1. The molecule has 6 aromatic carbocycles. The Morgan fingerprint density at radius 2 is 1.35 bits per heavy atom. The third-order valence-corrected chi connectivity index (χ3v) is 12.5. The first-order valence-corrected chi connectivity index (χ1v) is 23.9.